The minimum Gasteiger partial charge on any atom is -0.388 e. The van der Waals surface area contributed by atoms with E-state index in [1.807, 2.05) is 24.0 Å². The van der Waals surface area contributed by atoms with Crippen LogP contribution >= 0.6 is 0 Å². The summed E-state index contributed by atoms with van der Waals surface area (Å²) in [6, 6.07) is 4.06. The van der Waals surface area contributed by atoms with Crippen molar-refractivity contribution in [1.29, 1.82) is 0 Å². The van der Waals surface area contributed by atoms with E-state index in [1.165, 1.54) is 0 Å². The molecule has 1 aromatic heterocycles. The average Bonchev–Trinajstić information content (AvgIpc) is 3.40. The lowest BCUT2D eigenvalue weighted by Gasteiger charge is -2.37. The van der Waals surface area contributed by atoms with Gasteiger partial charge >= 0.3 is 0 Å². The first-order chi connectivity index (χ1) is 12.6. The Morgan fingerprint density at radius 3 is 2.69 bits per heavy atom. The van der Waals surface area contributed by atoms with Crippen molar-refractivity contribution in [3.63, 3.8) is 0 Å². The number of carbonyl (C=O) groups excluding carboxylic acids is 2. The Kier molecular flexibility index (Phi) is 4.38. The van der Waals surface area contributed by atoms with Crippen molar-refractivity contribution < 1.29 is 14.4 Å². The number of likely N-dealkylation sites (tertiary alicyclic amines) is 1. The van der Waals surface area contributed by atoms with E-state index in [0.717, 1.165) is 25.0 Å². The summed E-state index contributed by atoms with van der Waals surface area (Å²) in [4.78, 5) is 36.6. The average molecular weight is 356 g/mol. The first kappa shape index (κ1) is 17.0. The van der Waals surface area contributed by atoms with Crippen molar-refractivity contribution in [2.75, 3.05) is 13.1 Å². The van der Waals surface area contributed by atoms with Gasteiger partial charge in [-0.15, -0.1) is 0 Å². The van der Waals surface area contributed by atoms with Gasteiger partial charge in [-0.3, -0.25) is 14.6 Å². The Morgan fingerprint density at radius 2 is 2.08 bits per heavy atom. The monoisotopic (exact) mass is 356 g/mol. The van der Waals surface area contributed by atoms with Gasteiger partial charge in [0.15, 0.2) is 0 Å². The maximum Gasteiger partial charge on any atom is 0.269 e. The van der Waals surface area contributed by atoms with Crippen LogP contribution in [-0.4, -0.2) is 52.1 Å². The molecule has 0 radical (unpaired) electrons. The minimum absolute atomic E-state index is 0.000572. The molecule has 7 heteroatoms. The molecule has 2 aliphatic heterocycles. The van der Waals surface area contributed by atoms with Crippen LogP contribution in [0.5, 0.6) is 0 Å². The molecule has 26 heavy (non-hydrogen) atoms. The molecule has 3 aliphatic rings. The van der Waals surface area contributed by atoms with Crippen LogP contribution in [0.2, 0.25) is 0 Å². The third-order valence-corrected chi connectivity index (χ3v) is 5.41. The molecule has 138 valence electrons. The lowest BCUT2D eigenvalue weighted by atomic mass is 9.86. The second kappa shape index (κ2) is 6.70. The van der Waals surface area contributed by atoms with Gasteiger partial charge in [-0.25, -0.2) is 0 Å². The summed E-state index contributed by atoms with van der Waals surface area (Å²) in [7, 11) is 0. The first-order valence-corrected chi connectivity index (χ1v) is 9.39. The highest BCUT2D eigenvalue weighted by molar-refractivity contribution is 6.39. The standard InChI is InChI=1S/C19H24N4O3/c1-2-14-4-3-13(12-20-14)18(25)23-9-7-19(8-10-23)11-16(22-26-19)17(24)21-15-5-6-15/h3-4,12,15H,2,5-11H2,1H3,(H,21,24). The summed E-state index contributed by atoms with van der Waals surface area (Å²) in [5.74, 6) is -0.106. The molecule has 1 aliphatic carbocycles. The Balaban J connectivity index is 1.32. The van der Waals surface area contributed by atoms with E-state index in [0.29, 0.717) is 49.7 Å². The number of nitrogens with zero attached hydrogens (tertiary/aromatic N) is 3. The van der Waals surface area contributed by atoms with Crippen LogP contribution in [0.1, 0.15) is 55.1 Å². The normalized spacial score (nSPS) is 21.3. The Morgan fingerprint density at radius 1 is 1.31 bits per heavy atom. The Hall–Kier alpha value is -2.44. The predicted molar refractivity (Wildman–Crippen MR) is 95.8 cm³/mol. The van der Waals surface area contributed by atoms with Crippen molar-refractivity contribution >= 4 is 17.5 Å². The minimum atomic E-state index is -0.433. The third-order valence-electron chi connectivity index (χ3n) is 5.41. The number of rotatable bonds is 4. The molecule has 7 nitrogen and oxygen atoms in total. The molecule has 2 amide bonds. The van der Waals surface area contributed by atoms with Gasteiger partial charge in [-0.05, 0) is 31.4 Å². The van der Waals surface area contributed by atoms with Crippen molar-refractivity contribution in [1.82, 2.24) is 15.2 Å². The smallest absolute Gasteiger partial charge is 0.269 e. The fraction of sp³-hybridized carbons (Fsp3) is 0.579. The van der Waals surface area contributed by atoms with Gasteiger partial charge in [-0.2, -0.15) is 0 Å². The number of aryl methyl sites for hydroxylation is 1. The number of piperidine rings is 1. The van der Waals surface area contributed by atoms with Crippen molar-refractivity contribution in [3.8, 4) is 0 Å². The molecule has 0 atom stereocenters. The van der Waals surface area contributed by atoms with Gasteiger partial charge in [0.25, 0.3) is 11.8 Å². The van der Waals surface area contributed by atoms with Crippen LogP contribution in [0.3, 0.4) is 0 Å². The molecular weight excluding hydrogens is 332 g/mol. The van der Waals surface area contributed by atoms with Crippen LogP contribution in [0.15, 0.2) is 23.5 Å². The molecule has 1 N–H and O–H groups in total. The highest BCUT2D eigenvalue weighted by Crippen LogP contribution is 2.35. The van der Waals surface area contributed by atoms with Crippen LogP contribution < -0.4 is 5.32 Å². The largest absolute Gasteiger partial charge is 0.388 e. The quantitative estimate of drug-likeness (QED) is 0.889. The molecule has 0 unspecified atom stereocenters. The Labute approximate surface area is 152 Å². The molecule has 0 bridgehead atoms. The zero-order chi connectivity index (χ0) is 18.1. The fourth-order valence-corrected chi connectivity index (χ4v) is 3.47. The van der Waals surface area contributed by atoms with Crippen molar-refractivity contribution in [2.45, 2.75) is 57.1 Å². The summed E-state index contributed by atoms with van der Waals surface area (Å²) in [5.41, 5.74) is 1.65. The molecular formula is C19H24N4O3. The number of aromatic nitrogens is 1. The maximum absolute atomic E-state index is 12.7. The second-order valence-electron chi connectivity index (χ2n) is 7.42. The number of pyridine rings is 1. The first-order valence-electron chi connectivity index (χ1n) is 9.39. The van der Waals surface area contributed by atoms with E-state index in [4.69, 9.17) is 4.84 Å². The summed E-state index contributed by atoms with van der Waals surface area (Å²) in [6.07, 6.45) is 6.51. The van der Waals surface area contributed by atoms with Gasteiger partial charge < -0.3 is 15.1 Å². The molecule has 1 spiro atoms. The molecule has 2 fully saturated rings. The van der Waals surface area contributed by atoms with Crippen LogP contribution in [0.25, 0.3) is 0 Å². The highest BCUT2D eigenvalue weighted by atomic mass is 16.7. The summed E-state index contributed by atoms with van der Waals surface area (Å²) in [6.45, 7) is 3.24. The van der Waals surface area contributed by atoms with Crippen LogP contribution in [0, 0.1) is 0 Å². The van der Waals surface area contributed by atoms with Crippen molar-refractivity contribution in [2.24, 2.45) is 5.16 Å². The number of hydrogen-bond acceptors (Lipinski definition) is 5. The lowest BCUT2D eigenvalue weighted by Crippen LogP contribution is -2.47. The lowest BCUT2D eigenvalue weighted by molar-refractivity contribution is -0.115. The maximum atomic E-state index is 12.7. The molecule has 0 aromatic carbocycles. The molecule has 1 saturated carbocycles. The van der Waals surface area contributed by atoms with E-state index in [-0.39, 0.29) is 11.8 Å². The number of carbonyl (C=O) groups is 2. The number of hydrogen-bond donors (Lipinski definition) is 1. The predicted octanol–water partition coefficient (Wildman–Crippen LogP) is 1.67. The Bertz CT molecular complexity index is 732. The molecule has 1 saturated heterocycles. The van der Waals surface area contributed by atoms with Gasteiger partial charge in [0.2, 0.25) is 0 Å². The number of amides is 2. The topological polar surface area (TPSA) is 83.9 Å². The summed E-state index contributed by atoms with van der Waals surface area (Å²) >= 11 is 0. The molecule has 4 rings (SSSR count). The van der Waals surface area contributed by atoms with Crippen LogP contribution in [-0.2, 0) is 16.1 Å². The van der Waals surface area contributed by atoms with E-state index in [1.54, 1.807) is 6.20 Å². The van der Waals surface area contributed by atoms with E-state index >= 15 is 0 Å². The molecule has 1 aromatic rings. The summed E-state index contributed by atoms with van der Waals surface area (Å²) in [5, 5.41) is 6.99. The van der Waals surface area contributed by atoms with Gasteiger partial charge in [0, 0.05) is 50.3 Å². The number of nitrogens with one attached hydrogen (secondary N) is 1. The molecule has 3 heterocycles. The SMILES string of the molecule is CCc1ccc(C(=O)N2CCC3(CC2)CC(C(=O)NC2CC2)=NO3)cn1. The zero-order valence-corrected chi connectivity index (χ0v) is 15.0. The van der Waals surface area contributed by atoms with E-state index < -0.39 is 5.60 Å². The van der Waals surface area contributed by atoms with Crippen LogP contribution in [0.4, 0.5) is 0 Å². The van der Waals surface area contributed by atoms with Gasteiger partial charge in [0.05, 0.1) is 5.56 Å². The van der Waals surface area contributed by atoms with Gasteiger partial charge in [-0.1, -0.05) is 12.1 Å². The zero-order valence-electron chi connectivity index (χ0n) is 15.0. The highest BCUT2D eigenvalue weighted by Gasteiger charge is 2.45. The third kappa shape index (κ3) is 3.43. The van der Waals surface area contributed by atoms with E-state index in [2.05, 4.69) is 15.5 Å². The number of oxime groups is 1. The van der Waals surface area contributed by atoms with Crippen molar-refractivity contribution in [3.05, 3.63) is 29.6 Å². The summed E-state index contributed by atoms with van der Waals surface area (Å²) < 4.78 is 0. The van der Waals surface area contributed by atoms with Gasteiger partial charge in [0.1, 0.15) is 11.3 Å². The van der Waals surface area contributed by atoms with E-state index in [9.17, 15) is 9.59 Å². The second-order valence-corrected chi connectivity index (χ2v) is 7.42. The fourth-order valence-electron chi connectivity index (χ4n) is 3.47.